The van der Waals surface area contributed by atoms with E-state index in [1.165, 1.54) is 11.1 Å². The normalized spacial score (nSPS) is 21.9. The van der Waals surface area contributed by atoms with Crippen molar-refractivity contribution in [1.82, 2.24) is 9.21 Å². The maximum absolute atomic E-state index is 13.6. The number of benzene rings is 3. The summed E-state index contributed by atoms with van der Waals surface area (Å²) in [7, 11) is -0.324. The van der Waals surface area contributed by atoms with Gasteiger partial charge in [-0.05, 0) is 66.8 Å². The summed E-state index contributed by atoms with van der Waals surface area (Å²) in [5.41, 5.74) is 2.38. The van der Waals surface area contributed by atoms with Gasteiger partial charge in [0.25, 0.3) is 0 Å². The fourth-order valence-electron chi connectivity index (χ4n) is 5.60. The van der Waals surface area contributed by atoms with Crippen LogP contribution in [-0.2, 0) is 10.0 Å². The van der Waals surface area contributed by atoms with Gasteiger partial charge in [0, 0.05) is 25.2 Å². The van der Waals surface area contributed by atoms with Crippen molar-refractivity contribution in [1.29, 1.82) is 0 Å². The molecule has 2 bridgehead atoms. The van der Waals surface area contributed by atoms with E-state index in [1.807, 2.05) is 18.2 Å². The second-order valence-corrected chi connectivity index (χ2v) is 11.2. The van der Waals surface area contributed by atoms with Crippen molar-refractivity contribution >= 4 is 10.0 Å². The highest BCUT2D eigenvalue weighted by Gasteiger charge is 2.44. The molecule has 0 unspecified atom stereocenters. The Bertz CT molecular complexity index is 1250. The first-order chi connectivity index (χ1) is 17.0. The Morgan fingerprint density at radius 3 is 2.17 bits per heavy atom. The first-order valence-electron chi connectivity index (χ1n) is 12.1. The smallest absolute Gasteiger partial charge is 0.243 e. The second kappa shape index (κ2) is 10.0. The molecule has 35 heavy (non-hydrogen) atoms. The summed E-state index contributed by atoms with van der Waals surface area (Å²) in [6, 6.07) is 25.9. The largest absolute Gasteiger partial charge is 0.497 e. The van der Waals surface area contributed by atoms with Crippen LogP contribution in [-0.4, -0.2) is 57.0 Å². The molecule has 0 spiro atoms. The molecule has 2 saturated heterocycles. The van der Waals surface area contributed by atoms with Gasteiger partial charge >= 0.3 is 0 Å². The highest BCUT2D eigenvalue weighted by Crippen LogP contribution is 2.42. The number of methoxy groups -OCH3 is 2. The standard InChI is InChI=1S/C28H32N2O4S/c1-33-25-13-15-27(16-14-25)35(31,32)29-18-17-23-11-12-24(20-29)30(23)28(21-7-4-3-5-8-21)22-9-6-10-26(19-22)34-2/h3-10,13-16,19,23-24,28H,11-12,17-18,20H2,1-2H3/t23-,24-,28-/m0/s1. The lowest BCUT2D eigenvalue weighted by atomic mass is 9.95. The van der Waals surface area contributed by atoms with Gasteiger partial charge in [-0.2, -0.15) is 4.31 Å². The molecule has 0 radical (unpaired) electrons. The lowest BCUT2D eigenvalue weighted by Gasteiger charge is -2.37. The van der Waals surface area contributed by atoms with Crippen molar-refractivity contribution < 1.29 is 17.9 Å². The minimum atomic E-state index is -3.59. The van der Waals surface area contributed by atoms with Crippen LogP contribution in [0.25, 0.3) is 0 Å². The summed E-state index contributed by atoms with van der Waals surface area (Å²) in [5, 5.41) is 0. The number of hydrogen-bond acceptors (Lipinski definition) is 5. The van der Waals surface area contributed by atoms with E-state index in [2.05, 4.69) is 41.3 Å². The SMILES string of the molecule is COc1ccc(S(=O)(=O)N2CC[C@@H]3CC[C@@H](C2)N3[C@@H](c2ccccc2)c2cccc(OC)c2)cc1. The van der Waals surface area contributed by atoms with Gasteiger partial charge in [0.05, 0.1) is 25.2 Å². The van der Waals surface area contributed by atoms with Crippen LogP contribution in [0.2, 0.25) is 0 Å². The van der Waals surface area contributed by atoms with Crippen LogP contribution in [0.5, 0.6) is 11.5 Å². The molecule has 2 aliphatic heterocycles. The molecule has 5 rings (SSSR count). The molecule has 3 aromatic rings. The zero-order valence-electron chi connectivity index (χ0n) is 20.2. The average Bonchev–Trinajstić information content (AvgIpc) is 3.17. The molecular weight excluding hydrogens is 460 g/mol. The van der Waals surface area contributed by atoms with E-state index in [1.54, 1.807) is 42.8 Å². The molecule has 2 fully saturated rings. The van der Waals surface area contributed by atoms with Crippen LogP contribution >= 0.6 is 0 Å². The van der Waals surface area contributed by atoms with Crippen molar-refractivity contribution in [3.8, 4) is 11.5 Å². The fraction of sp³-hybridized carbons (Fsp3) is 0.357. The highest BCUT2D eigenvalue weighted by atomic mass is 32.2. The molecule has 0 amide bonds. The summed E-state index contributed by atoms with van der Waals surface area (Å²) in [6.45, 7) is 1.00. The minimum absolute atomic E-state index is 0.0347. The molecule has 7 heteroatoms. The molecule has 0 aromatic heterocycles. The first-order valence-corrected chi connectivity index (χ1v) is 13.6. The Hall–Kier alpha value is -2.87. The van der Waals surface area contributed by atoms with Gasteiger partial charge in [-0.3, -0.25) is 4.90 Å². The van der Waals surface area contributed by atoms with Crippen LogP contribution in [0.3, 0.4) is 0 Å². The molecule has 3 aromatic carbocycles. The van der Waals surface area contributed by atoms with E-state index in [4.69, 9.17) is 9.47 Å². The summed E-state index contributed by atoms with van der Waals surface area (Å²) in [6.07, 6.45) is 2.86. The topological polar surface area (TPSA) is 59.1 Å². The summed E-state index contributed by atoms with van der Waals surface area (Å²) in [4.78, 5) is 2.88. The predicted octanol–water partition coefficient (Wildman–Crippen LogP) is 4.72. The van der Waals surface area contributed by atoms with Gasteiger partial charge in [0.1, 0.15) is 11.5 Å². The Labute approximate surface area is 208 Å². The van der Waals surface area contributed by atoms with Crippen molar-refractivity contribution in [3.63, 3.8) is 0 Å². The first kappa shape index (κ1) is 23.9. The highest BCUT2D eigenvalue weighted by molar-refractivity contribution is 7.89. The Balaban J connectivity index is 1.49. The molecule has 0 N–H and O–H groups in total. The van der Waals surface area contributed by atoms with E-state index in [0.29, 0.717) is 29.8 Å². The lowest BCUT2D eigenvalue weighted by Crippen LogP contribution is -2.43. The van der Waals surface area contributed by atoms with Gasteiger partial charge in [-0.15, -0.1) is 0 Å². The third kappa shape index (κ3) is 4.68. The number of hydrogen-bond donors (Lipinski definition) is 0. The molecule has 6 nitrogen and oxygen atoms in total. The van der Waals surface area contributed by atoms with Crippen molar-refractivity contribution in [2.24, 2.45) is 0 Å². The fourth-order valence-corrected chi connectivity index (χ4v) is 7.09. The van der Waals surface area contributed by atoms with Gasteiger partial charge in [0.2, 0.25) is 10.0 Å². The third-order valence-electron chi connectivity index (χ3n) is 7.32. The van der Waals surface area contributed by atoms with E-state index in [-0.39, 0.29) is 12.1 Å². The maximum atomic E-state index is 13.6. The van der Waals surface area contributed by atoms with Gasteiger partial charge in [-0.1, -0.05) is 42.5 Å². The number of fused-ring (bicyclic) bond motifs is 2. The van der Waals surface area contributed by atoms with E-state index < -0.39 is 10.0 Å². The average molecular weight is 493 g/mol. The van der Waals surface area contributed by atoms with Crippen molar-refractivity contribution in [3.05, 3.63) is 90.0 Å². The molecule has 0 saturated carbocycles. The maximum Gasteiger partial charge on any atom is 0.243 e. The monoisotopic (exact) mass is 492 g/mol. The van der Waals surface area contributed by atoms with Crippen LogP contribution in [0.1, 0.15) is 36.4 Å². The quantitative estimate of drug-likeness (QED) is 0.478. The summed E-state index contributed by atoms with van der Waals surface area (Å²) < 4.78 is 39.6. The molecule has 2 heterocycles. The second-order valence-electron chi connectivity index (χ2n) is 9.25. The van der Waals surface area contributed by atoms with Gasteiger partial charge in [0.15, 0.2) is 0 Å². The van der Waals surface area contributed by atoms with E-state index in [9.17, 15) is 8.42 Å². The lowest BCUT2D eigenvalue weighted by molar-refractivity contribution is 0.155. The summed E-state index contributed by atoms with van der Waals surface area (Å²) in [5.74, 6) is 1.48. The zero-order chi connectivity index (χ0) is 24.4. The number of rotatable bonds is 7. The van der Waals surface area contributed by atoms with E-state index in [0.717, 1.165) is 25.0 Å². The summed E-state index contributed by atoms with van der Waals surface area (Å²) >= 11 is 0. The van der Waals surface area contributed by atoms with Gasteiger partial charge < -0.3 is 9.47 Å². The van der Waals surface area contributed by atoms with Crippen molar-refractivity contribution in [2.45, 2.75) is 42.3 Å². The Kier molecular flexibility index (Phi) is 6.82. The van der Waals surface area contributed by atoms with Crippen LogP contribution < -0.4 is 9.47 Å². The Morgan fingerprint density at radius 2 is 1.46 bits per heavy atom. The minimum Gasteiger partial charge on any atom is -0.497 e. The molecule has 3 atom stereocenters. The molecule has 2 aliphatic rings. The van der Waals surface area contributed by atoms with Gasteiger partial charge in [-0.25, -0.2) is 8.42 Å². The number of nitrogens with zero attached hydrogens (tertiary/aromatic N) is 2. The van der Waals surface area contributed by atoms with E-state index >= 15 is 0 Å². The predicted molar refractivity (Wildman–Crippen MR) is 136 cm³/mol. The van der Waals surface area contributed by atoms with Crippen LogP contribution in [0.4, 0.5) is 0 Å². The number of ether oxygens (including phenoxy) is 2. The zero-order valence-corrected chi connectivity index (χ0v) is 21.0. The molecule has 0 aliphatic carbocycles. The van der Waals surface area contributed by atoms with Crippen LogP contribution in [0, 0.1) is 0 Å². The van der Waals surface area contributed by atoms with Crippen molar-refractivity contribution in [2.75, 3.05) is 27.3 Å². The Morgan fingerprint density at radius 1 is 0.771 bits per heavy atom. The molecule has 184 valence electrons. The number of sulfonamides is 1. The third-order valence-corrected chi connectivity index (χ3v) is 9.20. The van der Waals surface area contributed by atoms with Crippen LogP contribution in [0.15, 0.2) is 83.8 Å². The molecular formula is C28H32N2O4S.